The minimum absolute atomic E-state index is 0.0483. The predicted molar refractivity (Wildman–Crippen MR) is 79.5 cm³/mol. The van der Waals surface area contributed by atoms with Crippen LogP contribution in [0.4, 0.5) is 4.79 Å². The molecule has 2 N–H and O–H groups in total. The Kier molecular flexibility index (Phi) is 6.19. The molecule has 0 heterocycles. The number of nitrogens with zero attached hydrogens (tertiary/aromatic N) is 1. The Morgan fingerprint density at radius 3 is 2.52 bits per heavy atom. The Balaban J connectivity index is 2.73. The van der Waals surface area contributed by atoms with E-state index < -0.39 is 23.8 Å². The van der Waals surface area contributed by atoms with Crippen LogP contribution < -0.4 is 5.32 Å². The van der Waals surface area contributed by atoms with Gasteiger partial charge in [0.05, 0.1) is 24.6 Å². The Morgan fingerprint density at radius 1 is 1.38 bits per heavy atom. The van der Waals surface area contributed by atoms with Gasteiger partial charge >= 0.3 is 6.09 Å². The first kappa shape index (κ1) is 17.0. The van der Waals surface area contributed by atoms with E-state index in [9.17, 15) is 9.90 Å². The largest absolute Gasteiger partial charge is 0.444 e. The number of ether oxygens (including phenoxy) is 1. The van der Waals surface area contributed by atoms with Gasteiger partial charge in [-0.15, -0.1) is 0 Å². The van der Waals surface area contributed by atoms with Crippen LogP contribution in [0.2, 0.25) is 0 Å². The van der Waals surface area contributed by atoms with Crippen LogP contribution in [0, 0.1) is 11.3 Å². The quantitative estimate of drug-likeness (QED) is 0.872. The molecule has 0 spiro atoms. The monoisotopic (exact) mass is 290 g/mol. The number of benzene rings is 1. The van der Waals surface area contributed by atoms with Gasteiger partial charge in [0.15, 0.2) is 0 Å². The molecule has 0 saturated heterocycles. The van der Waals surface area contributed by atoms with Gasteiger partial charge in [-0.1, -0.05) is 30.3 Å². The standard InChI is InChI=1S/C16H22N2O3/c1-16(2,3)21-15(20)18-13(14(19)9-10-17)11-12-7-5-4-6-8-12/h4-8,13-14,19H,9,11H2,1-3H3,(H,18,20)/t13-,14-/m0/s1. The summed E-state index contributed by atoms with van der Waals surface area (Å²) < 4.78 is 5.19. The normalized spacial score (nSPS) is 13.9. The van der Waals surface area contributed by atoms with Crippen LogP contribution in [0.25, 0.3) is 0 Å². The van der Waals surface area contributed by atoms with Gasteiger partial charge in [0.2, 0.25) is 0 Å². The lowest BCUT2D eigenvalue weighted by atomic mass is 10.00. The zero-order valence-electron chi connectivity index (χ0n) is 12.7. The Labute approximate surface area is 125 Å². The number of hydrogen-bond donors (Lipinski definition) is 2. The maximum atomic E-state index is 11.8. The van der Waals surface area contributed by atoms with E-state index in [0.29, 0.717) is 6.42 Å². The Hall–Kier alpha value is -2.06. The molecule has 0 aliphatic heterocycles. The highest BCUT2D eigenvalue weighted by molar-refractivity contribution is 5.68. The van der Waals surface area contributed by atoms with Crippen molar-refractivity contribution in [2.45, 2.75) is 51.4 Å². The zero-order chi connectivity index (χ0) is 15.9. The van der Waals surface area contributed by atoms with Gasteiger partial charge in [-0.25, -0.2) is 4.79 Å². The molecule has 2 atom stereocenters. The second kappa shape index (κ2) is 7.65. The average Bonchev–Trinajstić information content (AvgIpc) is 2.37. The molecule has 0 unspecified atom stereocenters. The number of carbonyl (C=O) groups excluding carboxylic acids is 1. The lowest BCUT2D eigenvalue weighted by molar-refractivity contribution is 0.0426. The van der Waals surface area contributed by atoms with Crippen molar-refractivity contribution >= 4 is 6.09 Å². The fourth-order valence-corrected chi connectivity index (χ4v) is 1.85. The second-order valence-electron chi connectivity index (χ2n) is 5.87. The van der Waals surface area contributed by atoms with Crippen LogP contribution in [0.5, 0.6) is 0 Å². The highest BCUT2D eigenvalue weighted by Gasteiger charge is 2.24. The average molecular weight is 290 g/mol. The third-order valence-corrected chi connectivity index (χ3v) is 2.77. The molecule has 0 bridgehead atoms. The summed E-state index contributed by atoms with van der Waals surface area (Å²) in [6, 6.07) is 10.8. The summed E-state index contributed by atoms with van der Waals surface area (Å²) in [5.41, 5.74) is 0.359. The summed E-state index contributed by atoms with van der Waals surface area (Å²) in [7, 11) is 0. The molecule has 21 heavy (non-hydrogen) atoms. The molecule has 0 aliphatic carbocycles. The van der Waals surface area contributed by atoms with Gasteiger partial charge in [0.1, 0.15) is 5.60 Å². The van der Waals surface area contributed by atoms with Crippen molar-refractivity contribution in [1.29, 1.82) is 5.26 Å². The summed E-state index contributed by atoms with van der Waals surface area (Å²) in [5.74, 6) is 0. The van der Waals surface area contributed by atoms with Crippen molar-refractivity contribution in [3.05, 3.63) is 35.9 Å². The molecule has 1 rings (SSSR count). The maximum absolute atomic E-state index is 11.8. The van der Waals surface area contributed by atoms with E-state index >= 15 is 0 Å². The van der Waals surface area contributed by atoms with Gasteiger partial charge in [-0.3, -0.25) is 0 Å². The number of alkyl carbamates (subject to hydrolysis) is 1. The topological polar surface area (TPSA) is 82.3 Å². The SMILES string of the molecule is CC(C)(C)OC(=O)N[C@@H](Cc1ccccc1)[C@@H](O)CC#N. The number of nitrogens with one attached hydrogen (secondary N) is 1. The number of nitriles is 1. The minimum Gasteiger partial charge on any atom is -0.444 e. The second-order valence-corrected chi connectivity index (χ2v) is 5.87. The number of amides is 1. The van der Waals surface area contributed by atoms with Crippen LogP contribution in [-0.4, -0.2) is 28.9 Å². The first-order valence-corrected chi connectivity index (χ1v) is 6.90. The van der Waals surface area contributed by atoms with E-state index in [2.05, 4.69) is 5.32 Å². The molecule has 5 nitrogen and oxygen atoms in total. The minimum atomic E-state index is -0.942. The van der Waals surface area contributed by atoms with Gasteiger partial charge in [-0.2, -0.15) is 5.26 Å². The highest BCUT2D eigenvalue weighted by atomic mass is 16.6. The van der Waals surface area contributed by atoms with Crippen molar-refractivity contribution < 1.29 is 14.6 Å². The maximum Gasteiger partial charge on any atom is 0.407 e. The molecule has 0 radical (unpaired) electrons. The van der Waals surface area contributed by atoms with Crippen LogP contribution in [-0.2, 0) is 11.2 Å². The van der Waals surface area contributed by atoms with Crippen LogP contribution in [0.3, 0.4) is 0 Å². The van der Waals surface area contributed by atoms with E-state index in [-0.39, 0.29) is 6.42 Å². The van der Waals surface area contributed by atoms with Crippen molar-refractivity contribution in [2.75, 3.05) is 0 Å². The van der Waals surface area contributed by atoms with Crippen molar-refractivity contribution in [3.8, 4) is 6.07 Å². The molecule has 0 aliphatic rings. The third kappa shape index (κ3) is 6.77. The zero-order valence-corrected chi connectivity index (χ0v) is 12.7. The van der Waals surface area contributed by atoms with E-state index in [1.807, 2.05) is 36.4 Å². The summed E-state index contributed by atoms with van der Waals surface area (Å²) in [5, 5.41) is 21.4. The predicted octanol–water partition coefficient (Wildman–Crippen LogP) is 2.40. The van der Waals surface area contributed by atoms with Gasteiger partial charge < -0.3 is 15.2 Å². The summed E-state index contributed by atoms with van der Waals surface area (Å²) in [4.78, 5) is 11.8. The van der Waals surface area contributed by atoms with Crippen molar-refractivity contribution in [1.82, 2.24) is 5.32 Å². The summed E-state index contributed by atoms with van der Waals surface area (Å²) >= 11 is 0. The molecular weight excluding hydrogens is 268 g/mol. The van der Waals surface area contributed by atoms with Crippen molar-refractivity contribution in [2.24, 2.45) is 0 Å². The lowest BCUT2D eigenvalue weighted by Gasteiger charge is -2.26. The van der Waals surface area contributed by atoms with Crippen LogP contribution >= 0.6 is 0 Å². The van der Waals surface area contributed by atoms with E-state index in [1.165, 1.54) is 0 Å². The highest BCUT2D eigenvalue weighted by Crippen LogP contribution is 2.11. The molecule has 1 amide bonds. The molecule has 114 valence electrons. The Bertz CT molecular complexity index is 488. The molecule has 5 heteroatoms. The van der Waals surface area contributed by atoms with E-state index in [4.69, 9.17) is 10.00 Å². The molecule has 1 aromatic rings. The number of hydrogen-bond acceptors (Lipinski definition) is 4. The number of rotatable bonds is 5. The van der Waals surface area contributed by atoms with E-state index in [1.54, 1.807) is 20.8 Å². The van der Waals surface area contributed by atoms with Crippen LogP contribution in [0.1, 0.15) is 32.8 Å². The number of aliphatic hydroxyl groups is 1. The molecule has 0 fully saturated rings. The van der Waals surface area contributed by atoms with E-state index in [0.717, 1.165) is 5.56 Å². The van der Waals surface area contributed by atoms with Crippen molar-refractivity contribution in [3.63, 3.8) is 0 Å². The lowest BCUT2D eigenvalue weighted by Crippen LogP contribution is -2.46. The molecule has 1 aromatic carbocycles. The molecule has 0 saturated carbocycles. The van der Waals surface area contributed by atoms with Crippen LogP contribution in [0.15, 0.2) is 30.3 Å². The van der Waals surface area contributed by atoms with Gasteiger partial charge in [-0.05, 0) is 32.8 Å². The third-order valence-electron chi connectivity index (χ3n) is 2.77. The summed E-state index contributed by atoms with van der Waals surface area (Å²) in [6.07, 6.45) is -1.15. The first-order valence-electron chi connectivity index (χ1n) is 6.90. The summed E-state index contributed by atoms with van der Waals surface area (Å²) in [6.45, 7) is 5.31. The van der Waals surface area contributed by atoms with Gasteiger partial charge in [0, 0.05) is 0 Å². The fraction of sp³-hybridized carbons (Fsp3) is 0.500. The number of carbonyl (C=O) groups is 1. The first-order chi connectivity index (χ1) is 9.81. The Morgan fingerprint density at radius 2 is 2.00 bits per heavy atom. The molecule has 0 aromatic heterocycles. The van der Waals surface area contributed by atoms with Gasteiger partial charge in [0.25, 0.3) is 0 Å². The smallest absolute Gasteiger partial charge is 0.407 e. The molecular formula is C16H22N2O3. The fourth-order valence-electron chi connectivity index (χ4n) is 1.85. The number of aliphatic hydroxyl groups excluding tert-OH is 1.